The highest BCUT2D eigenvalue weighted by atomic mass is 16.6. The molecule has 1 aromatic heterocycles. The summed E-state index contributed by atoms with van der Waals surface area (Å²) < 4.78 is 10.6. The predicted molar refractivity (Wildman–Crippen MR) is 224 cm³/mol. The van der Waals surface area contributed by atoms with Crippen LogP contribution in [0.15, 0.2) is 51.7 Å². The molecule has 3 heterocycles. The zero-order chi connectivity index (χ0) is 46.0. The lowest BCUT2D eigenvalue weighted by atomic mass is 10.0. The van der Waals surface area contributed by atoms with Crippen LogP contribution in [0.1, 0.15) is 75.6 Å². The molecule has 5 amide bonds. The molecular formula is C41H50N8O14. The number of rotatable bonds is 20. The molecule has 2 saturated heterocycles. The van der Waals surface area contributed by atoms with Crippen molar-refractivity contribution in [3.8, 4) is 5.75 Å². The van der Waals surface area contributed by atoms with Crippen molar-refractivity contribution in [1.29, 1.82) is 0 Å². The number of nitro benzene ring substituents is 2. The van der Waals surface area contributed by atoms with E-state index in [1.54, 1.807) is 12.1 Å². The summed E-state index contributed by atoms with van der Waals surface area (Å²) in [6.45, 7) is 3.67. The summed E-state index contributed by atoms with van der Waals surface area (Å²) in [6.07, 6.45) is 2.20. The topological polar surface area (TPSA) is 303 Å². The number of benzene rings is 2. The molecule has 0 spiro atoms. The van der Waals surface area contributed by atoms with Gasteiger partial charge in [-0.3, -0.25) is 44.2 Å². The van der Waals surface area contributed by atoms with Crippen LogP contribution >= 0.6 is 0 Å². The van der Waals surface area contributed by atoms with E-state index in [1.165, 1.54) is 35.1 Å². The number of nitrogens with one attached hydrogen (secondary N) is 4. The van der Waals surface area contributed by atoms with Gasteiger partial charge in [0.2, 0.25) is 23.6 Å². The van der Waals surface area contributed by atoms with Crippen molar-refractivity contribution in [3.63, 3.8) is 0 Å². The van der Waals surface area contributed by atoms with E-state index in [0.717, 1.165) is 12.1 Å². The fourth-order valence-electron chi connectivity index (χ4n) is 7.66. The first-order chi connectivity index (χ1) is 30.0. The van der Waals surface area contributed by atoms with Crippen LogP contribution in [0.4, 0.5) is 17.1 Å². The summed E-state index contributed by atoms with van der Waals surface area (Å²) in [5.74, 6) is -4.21. The Morgan fingerprint density at radius 1 is 0.889 bits per heavy atom. The predicted octanol–water partition coefficient (Wildman–Crippen LogP) is 2.71. The number of non-ortho nitro benzene ring substituents is 1. The summed E-state index contributed by atoms with van der Waals surface area (Å²) in [6, 6.07) is 4.95. The molecule has 22 heteroatoms. The summed E-state index contributed by atoms with van der Waals surface area (Å²) in [5.41, 5.74) is -1.79. The first-order valence-corrected chi connectivity index (χ1v) is 20.5. The molecule has 5 rings (SSSR count). The van der Waals surface area contributed by atoms with Crippen LogP contribution in [-0.4, -0.2) is 118 Å². The van der Waals surface area contributed by atoms with Gasteiger partial charge in [0.15, 0.2) is 0 Å². The van der Waals surface area contributed by atoms with E-state index in [-0.39, 0.29) is 74.5 Å². The molecule has 0 saturated carbocycles. The molecule has 2 aliphatic heterocycles. The van der Waals surface area contributed by atoms with Crippen molar-refractivity contribution in [2.45, 2.75) is 89.4 Å². The van der Waals surface area contributed by atoms with Gasteiger partial charge in [0, 0.05) is 37.2 Å². The number of likely N-dealkylation sites (tertiary alicyclic amines) is 2. The quantitative estimate of drug-likeness (QED) is 0.0472. The standard InChI is InChI=1S/C41H50N8O14/c1-23(2)18-30(45-38(53)32-10-7-17-47(32)39(54)27-19-24-11-13-26(62-3)21-34(24)63-41(27)57)36(51)43-22-35(50)46-16-6-9-31(46)37(52)44-29(40(55)56)8-4-5-15-42-28-14-12-25(48(58)59)20-33(28)49(60)61/h11-14,19-21,23,29-32,42H,4-10,15-18,22H2,1-3H3,(H,43,51)(H,44,52)(H,45,53)(H,55,56)/t29-,30+,31+,32+/m1/s1. The highest BCUT2D eigenvalue weighted by Crippen LogP contribution is 2.29. The van der Waals surface area contributed by atoms with Crippen LogP contribution in [0.25, 0.3) is 11.0 Å². The average molecular weight is 879 g/mol. The van der Waals surface area contributed by atoms with Crippen LogP contribution in [0.3, 0.4) is 0 Å². The maximum Gasteiger partial charge on any atom is 0.349 e. The highest BCUT2D eigenvalue weighted by Gasteiger charge is 2.39. The van der Waals surface area contributed by atoms with Gasteiger partial charge in [-0.1, -0.05) is 13.8 Å². The van der Waals surface area contributed by atoms with Gasteiger partial charge >= 0.3 is 11.6 Å². The third-order valence-corrected chi connectivity index (χ3v) is 10.9. The monoisotopic (exact) mass is 878 g/mol. The van der Waals surface area contributed by atoms with E-state index >= 15 is 0 Å². The summed E-state index contributed by atoms with van der Waals surface area (Å²) in [4.78, 5) is 116. The number of carbonyl (C=O) groups is 6. The largest absolute Gasteiger partial charge is 0.497 e. The molecule has 22 nitrogen and oxygen atoms in total. The van der Waals surface area contributed by atoms with Crippen LogP contribution < -0.4 is 31.6 Å². The second-order valence-electron chi connectivity index (χ2n) is 15.7. The van der Waals surface area contributed by atoms with Crippen LogP contribution in [-0.2, 0) is 24.0 Å². The number of carbonyl (C=O) groups excluding carboxylic acids is 5. The Bertz CT molecular complexity index is 2320. The lowest BCUT2D eigenvalue weighted by Gasteiger charge is -2.28. The minimum Gasteiger partial charge on any atom is -0.497 e. The van der Waals surface area contributed by atoms with E-state index in [2.05, 4.69) is 21.3 Å². The van der Waals surface area contributed by atoms with E-state index < -0.39 is 93.1 Å². The minimum atomic E-state index is -1.32. The third-order valence-electron chi connectivity index (χ3n) is 10.9. The van der Waals surface area contributed by atoms with Gasteiger partial charge < -0.3 is 45.3 Å². The Labute approximate surface area is 360 Å². The van der Waals surface area contributed by atoms with Crippen LogP contribution in [0.5, 0.6) is 5.75 Å². The molecule has 5 N–H and O–H groups in total. The molecule has 4 atom stereocenters. The average Bonchev–Trinajstić information content (AvgIpc) is 3.95. The summed E-state index contributed by atoms with van der Waals surface area (Å²) in [5, 5.41) is 43.3. The number of aliphatic carboxylic acids is 1. The molecule has 0 bridgehead atoms. The number of carboxylic acid groups (broad SMARTS) is 1. The molecule has 2 fully saturated rings. The number of carboxylic acids is 1. The number of methoxy groups -OCH3 is 1. The molecule has 63 heavy (non-hydrogen) atoms. The Kier molecular flexibility index (Phi) is 15.7. The smallest absolute Gasteiger partial charge is 0.349 e. The number of hydrogen-bond acceptors (Lipinski definition) is 14. The van der Waals surface area contributed by atoms with Gasteiger partial charge in [-0.25, -0.2) is 9.59 Å². The number of hydrogen-bond donors (Lipinski definition) is 5. The SMILES string of the molecule is COc1ccc2cc(C(=O)N3CCC[C@H]3C(=O)N[C@@H](CC(C)C)C(=O)NCC(=O)N3CCC[C@H]3C(=O)N[C@H](CCCCNc3ccc([N+](=O)[O-])cc3[N+](=O)[O-])C(=O)O)c(=O)oc2c1. The lowest BCUT2D eigenvalue weighted by Crippen LogP contribution is -2.55. The van der Waals surface area contributed by atoms with E-state index in [9.17, 15) is 58.9 Å². The number of nitrogens with zero attached hydrogens (tertiary/aromatic N) is 4. The van der Waals surface area contributed by atoms with Crippen molar-refractivity contribution in [2.75, 3.05) is 38.6 Å². The van der Waals surface area contributed by atoms with E-state index in [0.29, 0.717) is 30.4 Å². The van der Waals surface area contributed by atoms with Gasteiger partial charge in [0.1, 0.15) is 46.8 Å². The highest BCUT2D eigenvalue weighted by molar-refractivity contribution is 6.00. The number of ether oxygens (including phenoxy) is 1. The molecule has 0 unspecified atom stereocenters. The molecule has 0 aliphatic carbocycles. The number of fused-ring (bicyclic) bond motifs is 1. The Balaban J connectivity index is 1.13. The van der Waals surface area contributed by atoms with E-state index in [4.69, 9.17) is 9.15 Å². The zero-order valence-electron chi connectivity index (χ0n) is 35.0. The summed E-state index contributed by atoms with van der Waals surface area (Å²) in [7, 11) is 1.46. The normalized spacial score (nSPS) is 16.9. The van der Waals surface area contributed by atoms with Gasteiger partial charge in [-0.05, 0) is 81.5 Å². The molecule has 2 aliphatic rings. The van der Waals surface area contributed by atoms with Gasteiger partial charge in [-0.2, -0.15) is 0 Å². The third kappa shape index (κ3) is 11.8. The Morgan fingerprint density at radius 2 is 1.56 bits per heavy atom. The van der Waals surface area contributed by atoms with Crippen molar-refractivity contribution >= 4 is 63.5 Å². The fraction of sp³-hybridized carbons (Fsp3) is 0.488. The zero-order valence-corrected chi connectivity index (χ0v) is 35.0. The van der Waals surface area contributed by atoms with Gasteiger partial charge in [-0.15, -0.1) is 0 Å². The maximum absolute atomic E-state index is 13.7. The second-order valence-corrected chi connectivity index (χ2v) is 15.7. The Hall–Kier alpha value is -7.13. The fourth-order valence-corrected chi connectivity index (χ4v) is 7.66. The first-order valence-electron chi connectivity index (χ1n) is 20.5. The number of amides is 5. The summed E-state index contributed by atoms with van der Waals surface area (Å²) >= 11 is 0. The van der Waals surface area contributed by atoms with Crippen molar-refractivity contribution in [2.24, 2.45) is 5.92 Å². The molecule has 0 radical (unpaired) electrons. The van der Waals surface area contributed by atoms with Crippen molar-refractivity contribution in [1.82, 2.24) is 25.8 Å². The number of unbranched alkanes of at least 4 members (excludes halogenated alkanes) is 1. The Morgan fingerprint density at radius 3 is 2.19 bits per heavy atom. The van der Waals surface area contributed by atoms with Gasteiger partial charge in [0.05, 0.1) is 29.6 Å². The number of anilines is 1. The van der Waals surface area contributed by atoms with Gasteiger partial charge in [0.25, 0.3) is 17.3 Å². The van der Waals surface area contributed by atoms with Crippen molar-refractivity contribution < 1.29 is 52.9 Å². The molecule has 3 aromatic rings. The van der Waals surface area contributed by atoms with E-state index in [1.807, 2.05) is 13.8 Å². The number of nitro groups is 2. The lowest BCUT2D eigenvalue weighted by molar-refractivity contribution is -0.393. The van der Waals surface area contributed by atoms with Crippen LogP contribution in [0.2, 0.25) is 0 Å². The minimum absolute atomic E-state index is 0.00743. The molecular weight excluding hydrogens is 828 g/mol. The molecule has 338 valence electrons. The first kappa shape index (κ1) is 46.9. The molecule has 2 aromatic carbocycles. The second kappa shape index (κ2) is 21.1. The maximum atomic E-state index is 13.7. The van der Waals surface area contributed by atoms with Crippen LogP contribution in [0, 0.1) is 26.1 Å². The van der Waals surface area contributed by atoms with Crippen molar-refractivity contribution in [3.05, 3.63) is 78.7 Å².